The van der Waals surface area contributed by atoms with E-state index in [9.17, 15) is 4.39 Å². The Bertz CT molecular complexity index is 647. The Kier molecular flexibility index (Phi) is 3.06. The normalized spacial score (nSPS) is 23.1. The molecule has 1 N–H and O–H groups in total. The van der Waals surface area contributed by atoms with Crippen LogP contribution in [-0.2, 0) is 6.42 Å². The van der Waals surface area contributed by atoms with Crippen LogP contribution in [0.25, 0.3) is 0 Å². The first kappa shape index (κ1) is 12.7. The maximum Gasteiger partial charge on any atom is 0.123 e. The third-order valence-electron chi connectivity index (χ3n) is 4.54. The summed E-state index contributed by atoms with van der Waals surface area (Å²) in [6.45, 7) is 0.800. The molecule has 0 amide bonds. The second kappa shape index (κ2) is 5.06. The molecule has 0 saturated heterocycles. The highest BCUT2D eigenvalue weighted by atomic mass is 19.1. The number of rotatable bonds is 3. The van der Waals surface area contributed by atoms with Gasteiger partial charge in [-0.15, -0.1) is 0 Å². The Morgan fingerprint density at radius 1 is 1.05 bits per heavy atom. The van der Waals surface area contributed by atoms with E-state index in [0.29, 0.717) is 12.0 Å². The molecule has 0 spiro atoms. The molecule has 0 radical (unpaired) electrons. The molecule has 1 saturated carbocycles. The minimum absolute atomic E-state index is 0.159. The van der Waals surface area contributed by atoms with Gasteiger partial charge in [-0.2, -0.15) is 0 Å². The quantitative estimate of drug-likeness (QED) is 0.915. The maximum absolute atomic E-state index is 12.9. The average Bonchev–Trinajstić information content (AvgIpc) is 2.91. The first-order valence-electron chi connectivity index (χ1n) is 7.56. The van der Waals surface area contributed by atoms with E-state index < -0.39 is 0 Å². The van der Waals surface area contributed by atoms with E-state index in [-0.39, 0.29) is 5.82 Å². The molecule has 0 aromatic heterocycles. The van der Waals surface area contributed by atoms with Gasteiger partial charge in [-0.1, -0.05) is 12.1 Å². The summed E-state index contributed by atoms with van der Waals surface area (Å²) in [6, 6.07) is 13.8. The molecule has 0 atom stereocenters. The highest BCUT2D eigenvalue weighted by Crippen LogP contribution is 2.39. The molecule has 1 fully saturated rings. The molecule has 0 bridgehead atoms. The van der Waals surface area contributed by atoms with E-state index in [0.717, 1.165) is 31.6 Å². The van der Waals surface area contributed by atoms with Crippen molar-refractivity contribution in [2.45, 2.75) is 31.2 Å². The molecule has 2 aliphatic rings. The van der Waals surface area contributed by atoms with Crippen molar-refractivity contribution in [2.24, 2.45) is 0 Å². The van der Waals surface area contributed by atoms with E-state index in [2.05, 4.69) is 23.5 Å². The van der Waals surface area contributed by atoms with Crippen LogP contribution in [0.3, 0.4) is 0 Å². The summed E-state index contributed by atoms with van der Waals surface area (Å²) < 4.78 is 18.4. The van der Waals surface area contributed by atoms with E-state index in [4.69, 9.17) is 4.74 Å². The second-order valence-electron chi connectivity index (χ2n) is 5.98. The summed E-state index contributed by atoms with van der Waals surface area (Å²) in [4.78, 5) is 0. The van der Waals surface area contributed by atoms with Gasteiger partial charge in [0.25, 0.3) is 0 Å². The highest BCUT2D eigenvalue weighted by molar-refractivity contribution is 5.53. The Morgan fingerprint density at radius 3 is 2.67 bits per heavy atom. The molecule has 1 aliphatic carbocycles. The first-order valence-corrected chi connectivity index (χ1v) is 7.56. The smallest absolute Gasteiger partial charge is 0.123 e. The summed E-state index contributed by atoms with van der Waals surface area (Å²) in [5.41, 5.74) is 3.73. The van der Waals surface area contributed by atoms with Crippen molar-refractivity contribution in [3.63, 3.8) is 0 Å². The topological polar surface area (TPSA) is 21.3 Å². The monoisotopic (exact) mass is 283 g/mol. The van der Waals surface area contributed by atoms with Crippen molar-refractivity contribution in [1.29, 1.82) is 0 Å². The van der Waals surface area contributed by atoms with Crippen molar-refractivity contribution < 1.29 is 9.13 Å². The molecule has 2 nitrogen and oxygen atoms in total. The van der Waals surface area contributed by atoms with E-state index in [1.807, 2.05) is 12.1 Å². The molecule has 108 valence electrons. The second-order valence-corrected chi connectivity index (χ2v) is 5.98. The minimum Gasteiger partial charge on any atom is -0.493 e. The lowest BCUT2D eigenvalue weighted by molar-refractivity contribution is 0.356. The average molecular weight is 283 g/mol. The molecule has 1 aliphatic heterocycles. The zero-order valence-corrected chi connectivity index (χ0v) is 11.8. The summed E-state index contributed by atoms with van der Waals surface area (Å²) in [5.74, 6) is 1.42. The lowest BCUT2D eigenvalue weighted by Crippen LogP contribution is -2.34. The van der Waals surface area contributed by atoms with Gasteiger partial charge in [0.1, 0.15) is 11.6 Å². The number of fused-ring (bicyclic) bond motifs is 1. The van der Waals surface area contributed by atoms with Gasteiger partial charge in [0.15, 0.2) is 0 Å². The number of ether oxygens (including phenoxy) is 1. The SMILES string of the molecule is Fc1ccc(C2CC(Nc3ccc4c(c3)CCO4)C2)cc1. The Hall–Kier alpha value is -2.03. The van der Waals surface area contributed by atoms with E-state index in [1.165, 1.54) is 16.8 Å². The molecule has 0 unspecified atom stereocenters. The van der Waals surface area contributed by atoms with Crippen molar-refractivity contribution in [2.75, 3.05) is 11.9 Å². The Labute approximate surface area is 123 Å². The van der Waals surface area contributed by atoms with Gasteiger partial charge in [-0.3, -0.25) is 0 Å². The van der Waals surface area contributed by atoms with Crippen LogP contribution in [0.15, 0.2) is 42.5 Å². The predicted octanol–water partition coefficient (Wildman–Crippen LogP) is 4.12. The van der Waals surface area contributed by atoms with Gasteiger partial charge in [-0.25, -0.2) is 4.39 Å². The van der Waals surface area contributed by atoms with Gasteiger partial charge in [0, 0.05) is 18.2 Å². The largest absolute Gasteiger partial charge is 0.493 e. The van der Waals surface area contributed by atoms with Crippen LogP contribution in [0.1, 0.15) is 29.9 Å². The lowest BCUT2D eigenvalue weighted by Gasteiger charge is -2.37. The zero-order valence-electron chi connectivity index (χ0n) is 11.8. The number of hydrogen-bond donors (Lipinski definition) is 1. The van der Waals surface area contributed by atoms with Gasteiger partial charge >= 0.3 is 0 Å². The summed E-state index contributed by atoms with van der Waals surface area (Å²) in [6.07, 6.45) is 3.23. The van der Waals surface area contributed by atoms with Crippen LogP contribution in [0.4, 0.5) is 10.1 Å². The number of hydrogen-bond acceptors (Lipinski definition) is 2. The fourth-order valence-electron chi connectivity index (χ4n) is 3.25. The number of halogens is 1. The summed E-state index contributed by atoms with van der Waals surface area (Å²) in [5, 5.41) is 3.59. The van der Waals surface area contributed by atoms with Crippen molar-refractivity contribution in [3.8, 4) is 5.75 Å². The maximum atomic E-state index is 12.9. The van der Waals surface area contributed by atoms with Crippen LogP contribution in [-0.4, -0.2) is 12.6 Å². The summed E-state index contributed by atoms with van der Waals surface area (Å²) >= 11 is 0. The van der Waals surface area contributed by atoms with Crippen molar-refractivity contribution in [1.82, 2.24) is 0 Å². The standard InChI is InChI=1S/C18H18FNO/c19-15-3-1-12(2-4-15)14-10-17(11-14)20-16-5-6-18-13(9-16)7-8-21-18/h1-6,9,14,17,20H,7-8,10-11H2. The Balaban J connectivity index is 1.37. The number of nitrogens with one attached hydrogen (secondary N) is 1. The fraction of sp³-hybridized carbons (Fsp3) is 0.333. The van der Waals surface area contributed by atoms with Gasteiger partial charge in [0.2, 0.25) is 0 Å². The molecule has 1 heterocycles. The first-order chi connectivity index (χ1) is 10.3. The molecule has 2 aromatic rings. The molecular weight excluding hydrogens is 265 g/mol. The van der Waals surface area contributed by atoms with E-state index in [1.54, 1.807) is 12.1 Å². The molecule has 3 heteroatoms. The van der Waals surface area contributed by atoms with Crippen LogP contribution >= 0.6 is 0 Å². The van der Waals surface area contributed by atoms with Crippen LogP contribution < -0.4 is 10.1 Å². The number of anilines is 1. The fourth-order valence-corrected chi connectivity index (χ4v) is 3.25. The van der Waals surface area contributed by atoms with Crippen LogP contribution in [0, 0.1) is 5.82 Å². The lowest BCUT2D eigenvalue weighted by atomic mass is 9.76. The summed E-state index contributed by atoms with van der Waals surface area (Å²) in [7, 11) is 0. The predicted molar refractivity (Wildman–Crippen MR) is 81.4 cm³/mol. The molecule has 21 heavy (non-hydrogen) atoms. The number of benzene rings is 2. The zero-order chi connectivity index (χ0) is 14.2. The molecular formula is C18H18FNO. The van der Waals surface area contributed by atoms with Gasteiger partial charge < -0.3 is 10.1 Å². The third kappa shape index (κ3) is 2.48. The van der Waals surface area contributed by atoms with Crippen molar-refractivity contribution >= 4 is 5.69 Å². The van der Waals surface area contributed by atoms with Crippen LogP contribution in [0.5, 0.6) is 5.75 Å². The van der Waals surface area contributed by atoms with Gasteiger partial charge in [0.05, 0.1) is 6.61 Å². The third-order valence-corrected chi connectivity index (χ3v) is 4.54. The Morgan fingerprint density at radius 2 is 1.86 bits per heavy atom. The highest BCUT2D eigenvalue weighted by Gasteiger charge is 2.30. The van der Waals surface area contributed by atoms with Gasteiger partial charge in [-0.05, 0) is 60.2 Å². The minimum atomic E-state index is -0.159. The van der Waals surface area contributed by atoms with E-state index >= 15 is 0 Å². The molecule has 4 rings (SSSR count). The van der Waals surface area contributed by atoms with Crippen LogP contribution in [0.2, 0.25) is 0 Å². The molecule has 2 aromatic carbocycles. The van der Waals surface area contributed by atoms with Crippen molar-refractivity contribution in [3.05, 3.63) is 59.4 Å².